The summed E-state index contributed by atoms with van der Waals surface area (Å²) in [5, 5.41) is 21.3. The van der Waals surface area contributed by atoms with Crippen molar-refractivity contribution < 1.29 is 19.7 Å². The molecule has 5 rings (SSSR count). The highest BCUT2D eigenvalue weighted by Gasteiger charge is 2.36. The first-order chi connectivity index (χ1) is 16.0. The van der Waals surface area contributed by atoms with Gasteiger partial charge in [-0.15, -0.1) is 0 Å². The van der Waals surface area contributed by atoms with Crippen molar-refractivity contribution in [1.29, 1.82) is 0 Å². The van der Waals surface area contributed by atoms with Gasteiger partial charge in [0.05, 0.1) is 29.8 Å². The van der Waals surface area contributed by atoms with Crippen molar-refractivity contribution in [2.45, 2.75) is 38.3 Å². The zero-order chi connectivity index (χ0) is 22.9. The number of aromatic nitrogens is 2. The van der Waals surface area contributed by atoms with Gasteiger partial charge < -0.3 is 19.8 Å². The van der Waals surface area contributed by atoms with Crippen LogP contribution in [0.2, 0.25) is 0 Å². The van der Waals surface area contributed by atoms with Crippen LogP contribution in [0, 0.1) is 6.92 Å². The second kappa shape index (κ2) is 8.86. The monoisotopic (exact) mass is 448 g/mol. The van der Waals surface area contributed by atoms with Crippen LogP contribution in [-0.4, -0.2) is 69.6 Å². The lowest BCUT2D eigenvalue weighted by Crippen LogP contribution is -2.54. The molecule has 0 spiro atoms. The summed E-state index contributed by atoms with van der Waals surface area (Å²) in [6, 6.07) is 12.9. The van der Waals surface area contributed by atoms with Gasteiger partial charge in [0.15, 0.2) is 5.82 Å². The number of carboxylic acid groups (broad SMARTS) is 1. The van der Waals surface area contributed by atoms with E-state index in [0.717, 1.165) is 48.1 Å². The molecule has 8 nitrogen and oxygen atoms in total. The molecule has 1 amide bonds. The van der Waals surface area contributed by atoms with E-state index in [1.807, 2.05) is 31.2 Å². The number of hydrogen-bond donors (Lipinski definition) is 2. The molecule has 0 bridgehead atoms. The average Bonchev–Trinajstić information content (AvgIpc) is 3.33. The first kappa shape index (κ1) is 21.5. The number of para-hydroxylation sites is 1. The molecule has 2 aliphatic rings. The Bertz CT molecular complexity index is 1180. The molecule has 8 heteroatoms. The van der Waals surface area contributed by atoms with Crippen molar-refractivity contribution in [2.24, 2.45) is 0 Å². The maximum Gasteiger partial charge on any atom is 0.407 e. The zero-order valence-corrected chi connectivity index (χ0v) is 18.6. The number of anilines is 1. The van der Waals surface area contributed by atoms with Crippen LogP contribution in [0.1, 0.15) is 24.8 Å². The molecule has 2 saturated heterocycles. The zero-order valence-electron chi connectivity index (χ0n) is 18.6. The molecule has 0 saturated carbocycles. The quantitative estimate of drug-likeness (QED) is 0.621. The van der Waals surface area contributed by atoms with E-state index in [0.29, 0.717) is 31.1 Å². The maximum atomic E-state index is 12.2. The van der Waals surface area contributed by atoms with Crippen LogP contribution in [0.25, 0.3) is 22.3 Å². The van der Waals surface area contributed by atoms with Crippen molar-refractivity contribution in [3.05, 3.63) is 48.0 Å². The molecule has 0 aliphatic carbocycles. The summed E-state index contributed by atoms with van der Waals surface area (Å²) in [5.74, 6) is 1.36. The van der Waals surface area contributed by atoms with E-state index in [2.05, 4.69) is 4.90 Å². The number of aryl methyl sites for hydroxylation is 1. The topological polar surface area (TPSA) is 99.0 Å². The summed E-state index contributed by atoms with van der Waals surface area (Å²) in [4.78, 5) is 25.6. The number of aromatic hydroxyl groups is 1. The Labute approximate surface area is 192 Å². The Morgan fingerprint density at radius 1 is 1.15 bits per heavy atom. The number of carbonyl (C=O) groups is 1. The van der Waals surface area contributed by atoms with E-state index in [1.165, 1.54) is 0 Å². The summed E-state index contributed by atoms with van der Waals surface area (Å²) in [6.07, 6.45) is 1.52. The minimum atomic E-state index is -0.893. The highest BCUT2D eigenvalue weighted by atomic mass is 16.5. The number of benzene rings is 2. The summed E-state index contributed by atoms with van der Waals surface area (Å²) < 4.78 is 5.47. The standard InChI is InChI=1S/C25H28N4O4/c1-16-8-9-19-21(13-16)26-23(20-6-2-3-7-22(20)30)27-24(19)28-11-4-5-17(14-28)29(25(31)32)18-10-12-33-15-18/h2-3,6-9,13,17-18,30H,4-5,10-12,14-15H2,1H3,(H,31,32)/t17-,18+/m1/s1. The number of phenols is 1. The van der Waals surface area contributed by atoms with Crippen molar-refractivity contribution in [2.75, 3.05) is 31.2 Å². The lowest BCUT2D eigenvalue weighted by molar-refractivity contribution is 0.0827. The molecule has 33 heavy (non-hydrogen) atoms. The molecular weight excluding hydrogens is 420 g/mol. The van der Waals surface area contributed by atoms with Crippen molar-refractivity contribution >= 4 is 22.8 Å². The number of fused-ring (bicyclic) bond motifs is 1. The Morgan fingerprint density at radius 2 is 2.00 bits per heavy atom. The van der Waals surface area contributed by atoms with Gasteiger partial charge in [0, 0.05) is 25.1 Å². The third kappa shape index (κ3) is 4.18. The van der Waals surface area contributed by atoms with E-state index in [-0.39, 0.29) is 17.8 Å². The van der Waals surface area contributed by atoms with E-state index in [9.17, 15) is 15.0 Å². The highest BCUT2D eigenvalue weighted by molar-refractivity contribution is 5.92. The Kier molecular flexibility index (Phi) is 5.76. The third-order valence-corrected chi connectivity index (χ3v) is 6.59. The number of hydrogen-bond acceptors (Lipinski definition) is 6. The smallest absolute Gasteiger partial charge is 0.407 e. The molecule has 3 heterocycles. The van der Waals surface area contributed by atoms with E-state index < -0.39 is 6.09 Å². The molecule has 2 fully saturated rings. The van der Waals surface area contributed by atoms with E-state index in [4.69, 9.17) is 14.7 Å². The van der Waals surface area contributed by atoms with E-state index in [1.54, 1.807) is 23.1 Å². The van der Waals surface area contributed by atoms with Gasteiger partial charge in [0.25, 0.3) is 0 Å². The van der Waals surface area contributed by atoms with Crippen LogP contribution >= 0.6 is 0 Å². The van der Waals surface area contributed by atoms with Gasteiger partial charge in [-0.1, -0.05) is 18.2 Å². The fourth-order valence-electron chi connectivity index (χ4n) is 4.97. The molecular formula is C25H28N4O4. The molecule has 0 unspecified atom stereocenters. The summed E-state index contributed by atoms with van der Waals surface area (Å²) in [5.41, 5.74) is 2.47. The molecule has 2 atom stereocenters. The first-order valence-electron chi connectivity index (χ1n) is 11.4. The van der Waals surface area contributed by atoms with Gasteiger partial charge >= 0.3 is 6.09 Å². The Hall–Kier alpha value is -3.39. The number of nitrogens with zero attached hydrogens (tertiary/aromatic N) is 4. The summed E-state index contributed by atoms with van der Waals surface area (Å²) >= 11 is 0. The normalized spacial score (nSPS) is 20.8. The number of piperidine rings is 1. The summed E-state index contributed by atoms with van der Waals surface area (Å²) in [6.45, 7) is 4.42. The molecule has 1 aromatic heterocycles. The van der Waals surface area contributed by atoms with Gasteiger partial charge in [0.1, 0.15) is 11.6 Å². The Morgan fingerprint density at radius 3 is 2.76 bits per heavy atom. The molecule has 172 valence electrons. The van der Waals surface area contributed by atoms with Crippen molar-refractivity contribution in [1.82, 2.24) is 14.9 Å². The number of amides is 1. The lowest BCUT2D eigenvalue weighted by Gasteiger charge is -2.41. The van der Waals surface area contributed by atoms with Crippen LogP contribution in [0.5, 0.6) is 5.75 Å². The van der Waals surface area contributed by atoms with Gasteiger partial charge in [-0.25, -0.2) is 14.8 Å². The van der Waals surface area contributed by atoms with Gasteiger partial charge in [-0.2, -0.15) is 0 Å². The molecule has 2 aliphatic heterocycles. The SMILES string of the molecule is Cc1ccc2c(N3CCC[C@@H](N(C(=O)O)[C@H]4CCOC4)C3)nc(-c3ccccc3O)nc2c1. The third-order valence-electron chi connectivity index (χ3n) is 6.59. The average molecular weight is 449 g/mol. The number of phenolic OH excluding ortho intramolecular Hbond substituents is 1. The number of ether oxygens (including phenoxy) is 1. The van der Waals surface area contributed by atoms with Crippen LogP contribution in [0.3, 0.4) is 0 Å². The van der Waals surface area contributed by atoms with Crippen LogP contribution < -0.4 is 4.90 Å². The van der Waals surface area contributed by atoms with Gasteiger partial charge in [-0.05, 0) is 56.0 Å². The predicted molar refractivity (Wildman–Crippen MR) is 126 cm³/mol. The first-order valence-corrected chi connectivity index (χ1v) is 11.4. The van der Waals surface area contributed by atoms with Crippen molar-refractivity contribution in [3.63, 3.8) is 0 Å². The largest absolute Gasteiger partial charge is 0.507 e. The second-order valence-electron chi connectivity index (χ2n) is 8.86. The van der Waals surface area contributed by atoms with Gasteiger partial charge in [0.2, 0.25) is 0 Å². The second-order valence-corrected chi connectivity index (χ2v) is 8.86. The van der Waals surface area contributed by atoms with Crippen molar-refractivity contribution in [3.8, 4) is 17.1 Å². The lowest BCUT2D eigenvalue weighted by atomic mass is 10.0. The highest BCUT2D eigenvalue weighted by Crippen LogP contribution is 2.34. The van der Waals surface area contributed by atoms with Gasteiger partial charge in [-0.3, -0.25) is 4.90 Å². The Balaban J connectivity index is 1.55. The van der Waals surface area contributed by atoms with E-state index >= 15 is 0 Å². The predicted octanol–water partition coefficient (Wildman–Crippen LogP) is 4.05. The molecule has 2 aromatic carbocycles. The van der Waals surface area contributed by atoms with Crippen LogP contribution in [0.4, 0.5) is 10.6 Å². The number of rotatable bonds is 4. The molecule has 0 radical (unpaired) electrons. The fourth-order valence-corrected chi connectivity index (χ4v) is 4.97. The molecule has 2 N–H and O–H groups in total. The van der Waals surface area contributed by atoms with Crippen LogP contribution in [0.15, 0.2) is 42.5 Å². The minimum Gasteiger partial charge on any atom is -0.507 e. The minimum absolute atomic E-state index is 0.103. The fraction of sp³-hybridized carbons (Fsp3) is 0.400. The molecule has 3 aromatic rings. The maximum absolute atomic E-state index is 12.2. The van der Waals surface area contributed by atoms with Crippen LogP contribution in [-0.2, 0) is 4.74 Å². The summed E-state index contributed by atoms with van der Waals surface area (Å²) in [7, 11) is 0.